The Labute approximate surface area is 103 Å². The number of hydrogen-bond acceptors (Lipinski definition) is 3. The van der Waals surface area contributed by atoms with Gasteiger partial charge in [-0.05, 0) is 37.1 Å². The molecule has 0 fully saturated rings. The molecule has 5 heteroatoms. The molecule has 0 spiro atoms. The number of aromatic nitrogens is 1. The Hall–Kier alpha value is -1.81. The van der Waals surface area contributed by atoms with Gasteiger partial charge >= 0.3 is 5.97 Å². The van der Waals surface area contributed by atoms with Gasteiger partial charge in [-0.25, -0.2) is 4.79 Å². The zero-order valence-electron chi connectivity index (χ0n) is 9.32. The second-order valence-corrected chi connectivity index (χ2v) is 4.21. The van der Waals surface area contributed by atoms with Crippen LogP contribution >= 0.6 is 11.6 Å². The molecule has 0 atom stereocenters. The normalized spacial score (nSPS) is 10.5. The standard InChI is InChI=1S/C12H10ClNO3/c1-6-3-8(7(2)9(13)4-6)11-5-10(12(15)16)14-17-11/h3-5H,1-2H3,(H,15,16). The molecule has 1 heterocycles. The fraction of sp³-hybridized carbons (Fsp3) is 0.167. The summed E-state index contributed by atoms with van der Waals surface area (Å²) >= 11 is 6.06. The molecule has 0 saturated carbocycles. The van der Waals surface area contributed by atoms with Crippen LogP contribution in [0.4, 0.5) is 0 Å². The van der Waals surface area contributed by atoms with Gasteiger partial charge in [-0.15, -0.1) is 0 Å². The van der Waals surface area contributed by atoms with E-state index in [9.17, 15) is 4.79 Å². The first-order valence-electron chi connectivity index (χ1n) is 4.96. The Morgan fingerprint density at radius 2 is 2.06 bits per heavy atom. The van der Waals surface area contributed by atoms with Gasteiger partial charge in [-0.2, -0.15) is 0 Å². The van der Waals surface area contributed by atoms with Crippen molar-refractivity contribution >= 4 is 17.6 Å². The molecule has 1 aromatic carbocycles. The van der Waals surface area contributed by atoms with Gasteiger partial charge in [-0.3, -0.25) is 0 Å². The van der Waals surface area contributed by atoms with E-state index in [-0.39, 0.29) is 5.69 Å². The minimum Gasteiger partial charge on any atom is -0.476 e. The zero-order valence-corrected chi connectivity index (χ0v) is 10.1. The highest BCUT2D eigenvalue weighted by atomic mass is 35.5. The molecule has 0 aliphatic rings. The van der Waals surface area contributed by atoms with E-state index < -0.39 is 5.97 Å². The average molecular weight is 252 g/mol. The zero-order chi connectivity index (χ0) is 12.6. The van der Waals surface area contributed by atoms with E-state index in [0.717, 1.165) is 16.7 Å². The van der Waals surface area contributed by atoms with Crippen LogP contribution in [0, 0.1) is 13.8 Å². The molecule has 0 aliphatic carbocycles. The number of hydrogen-bond donors (Lipinski definition) is 1. The van der Waals surface area contributed by atoms with E-state index in [0.29, 0.717) is 10.8 Å². The number of carboxylic acids is 1. The van der Waals surface area contributed by atoms with E-state index in [1.807, 2.05) is 26.0 Å². The van der Waals surface area contributed by atoms with Crippen LogP contribution in [-0.4, -0.2) is 16.2 Å². The molecule has 17 heavy (non-hydrogen) atoms. The third kappa shape index (κ3) is 2.17. The molecule has 0 aliphatic heterocycles. The molecule has 0 saturated heterocycles. The summed E-state index contributed by atoms with van der Waals surface area (Å²) in [7, 11) is 0. The molecule has 2 rings (SSSR count). The Kier molecular flexibility index (Phi) is 2.90. The first kappa shape index (κ1) is 11.7. The average Bonchev–Trinajstić information content (AvgIpc) is 2.72. The monoisotopic (exact) mass is 251 g/mol. The lowest BCUT2D eigenvalue weighted by molar-refractivity contribution is 0.0686. The Bertz CT molecular complexity index is 589. The van der Waals surface area contributed by atoms with E-state index in [1.165, 1.54) is 6.07 Å². The predicted octanol–water partition coefficient (Wildman–Crippen LogP) is 3.31. The number of carboxylic acid groups (broad SMARTS) is 1. The molecule has 1 N–H and O–H groups in total. The van der Waals surface area contributed by atoms with Gasteiger partial charge in [0.2, 0.25) is 0 Å². The maximum absolute atomic E-state index is 10.7. The molecule has 0 radical (unpaired) electrons. The smallest absolute Gasteiger partial charge is 0.358 e. The highest BCUT2D eigenvalue weighted by molar-refractivity contribution is 6.31. The second kappa shape index (κ2) is 4.22. The molecular formula is C12H10ClNO3. The summed E-state index contributed by atoms with van der Waals surface area (Å²) in [5.41, 5.74) is 2.46. The van der Waals surface area contributed by atoms with E-state index in [1.54, 1.807) is 0 Å². The number of aryl methyl sites for hydroxylation is 1. The molecule has 0 bridgehead atoms. The lowest BCUT2D eigenvalue weighted by atomic mass is 10.0. The Morgan fingerprint density at radius 3 is 2.65 bits per heavy atom. The van der Waals surface area contributed by atoms with Gasteiger partial charge in [0.05, 0.1) is 0 Å². The molecule has 0 amide bonds. The summed E-state index contributed by atoms with van der Waals surface area (Å²) in [6.45, 7) is 3.75. The fourth-order valence-electron chi connectivity index (χ4n) is 1.57. The van der Waals surface area contributed by atoms with Crippen molar-refractivity contribution in [1.29, 1.82) is 0 Å². The molecular weight excluding hydrogens is 242 g/mol. The minimum atomic E-state index is -1.11. The SMILES string of the molecule is Cc1cc(Cl)c(C)c(-c2cc(C(=O)O)no2)c1. The van der Waals surface area contributed by atoms with Gasteiger partial charge in [0.25, 0.3) is 0 Å². The minimum absolute atomic E-state index is 0.114. The van der Waals surface area contributed by atoms with E-state index in [2.05, 4.69) is 5.16 Å². The van der Waals surface area contributed by atoms with Crippen LogP contribution in [0.3, 0.4) is 0 Å². The Morgan fingerprint density at radius 1 is 1.35 bits per heavy atom. The third-order valence-corrected chi connectivity index (χ3v) is 2.88. The van der Waals surface area contributed by atoms with Crippen molar-refractivity contribution in [1.82, 2.24) is 5.16 Å². The van der Waals surface area contributed by atoms with Gasteiger partial charge in [0, 0.05) is 16.7 Å². The number of carbonyl (C=O) groups is 1. The fourth-order valence-corrected chi connectivity index (χ4v) is 1.85. The van der Waals surface area contributed by atoms with Gasteiger partial charge in [0.1, 0.15) is 0 Å². The van der Waals surface area contributed by atoms with Crippen molar-refractivity contribution in [3.63, 3.8) is 0 Å². The summed E-state index contributed by atoms with van der Waals surface area (Å²) in [5, 5.41) is 12.9. The number of halogens is 1. The molecule has 88 valence electrons. The second-order valence-electron chi connectivity index (χ2n) is 3.80. The van der Waals surface area contributed by atoms with Crippen LogP contribution in [0.2, 0.25) is 5.02 Å². The van der Waals surface area contributed by atoms with Gasteiger partial charge < -0.3 is 9.63 Å². The molecule has 4 nitrogen and oxygen atoms in total. The number of rotatable bonds is 2. The van der Waals surface area contributed by atoms with Crippen LogP contribution in [0.15, 0.2) is 22.7 Å². The maximum Gasteiger partial charge on any atom is 0.358 e. The summed E-state index contributed by atoms with van der Waals surface area (Å²) < 4.78 is 5.01. The first-order chi connectivity index (χ1) is 7.99. The summed E-state index contributed by atoms with van der Waals surface area (Å²) in [6, 6.07) is 5.11. The van der Waals surface area contributed by atoms with Crippen LogP contribution < -0.4 is 0 Å². The van der Waals surface area contributed by atoms with Crippen molar-refractivity contribution in [2.24, 2.45) is 0 Å². The van der Waals surface area contributed by atoms with Crippen LogP contribution in [0.5, 0.6) is 0 Å². The van der Waals surface area contributed by atoms with Crippen LogP contribution in [-0.2, 0) is 0 Å². The lowest BCUT2D eigenvalue weighted by Crippen LogP contribution is -1.94. The van der Waals surface area contributed by atoms with Crippen molar-refractivity contribution < 1.29 is 14.4 Å². The van der Waals surface area contributed by atoms with Crippen molar-refractivity contribution in [3.8, 4) is 11.3 Å². The molecule has 2 aromatic rings. The molecule has 0 unspecified atom stereocenters. The number of benzene rings is 1. The van der Waals surface area contributed by atoms with Gasteiger partial charge in [-0.1, -0.05) is 16.8 Å². The number of aromatic carboxylic acids is 1. The largest absolute Gasteiger partial charge is 0.476 e. The van der Waals surface area contributed by atoms with Crippen LogP contribution in [0.1, 0.15) is 21.6 Å². The highest BCUT2D eigenvalue weighted by Gasteiger charge is 2.15. The first-order valence-corrected chi connectivity index (χ1v) is 5.34. The quantitative estimate of drug-likeness (QED) is 0.889. The Balaban J connectivity index is 2.56. The predicted molar refractivity (Wildman–Crippen MR) is 63.4 cm³/mol. The van der Waals surface area contributed by atoms with E-state index in [4.69, 9.17) is 21.2 Å². The van der Waals surface area contributed by atoms with Crippen LogP contribution in [0.25, 0.3) is 11.3 Å². The summed E-state index contributed by atoms with van der Waals surface area (Å²) in [4.78, 5) is 10.7. The lowest BCUT2D eigenvalue weighted by Gasteiger charge is -2.05. The van der Waals surface area contributed by atoms with Crippen molar-refractivity contribution in [3.05, 3.63) is 40.0 Å². The maximum atomic E-state index is 10.7. The highest BCUT2D eigenvalue weighted by Crippen LogP contribution is 2.30. The van der Waals surface area contributed by atoms with Crippen molar-refractivity contribution in [2.45, 2.75) is 13.8 Å². The summed E-state index contributed by atoms with van der Waals surface area (Å²) in [6.07, 6.45) is 0. The number of nitrogens with zero attached hydrogens (tertiary/aromatic N) is 1. The van der Waals surface area contributed by atoms with E-state index >= 15 is 0 Å². The van der Waals surface area contributed by atoms with Gasteiger partial charge in [0.15, 0.2) is 11.5 Å². The van der Waals surface area contributed by atoms with Crippen molar-refractivity contribution in [2.75, 3.05) is 0 Å². The molecule has 1 aromatic heterocycles. The third-order valence-electron chi connectivity index (χ3n) is 2.48. The topological polar surface area (TPSA) is 63.3 Å². The summed E-state index contributed by atoms with van der Waals surface area (Å²) in [5.74, 6) is -0.707.